The maximum atomic E-state index is 13.7. The second kappa shape index (κ2) is 12.7. The zero-order valence-electron chi connectivity index (χ0n) is 22.9. The van der Waals surface area contributed by atoms with Gasteiger partial charge in [0, 0.05) is 16.8 Å². The van der Waals surface area contributed by atoms with E-state index in [9.17, 15) is 21.6 Å². The quantitative estimate of drug-likeness (QED) is 0.230. The van der Waals surface area contributed by atoms with E-state index >= 15 is 0 Å². The zero-order chi connectivity index (χ0) is 30.5. The summed E-state index contributed by atoms with van der Waals surface area (Å²) in [5.41, 5.74) is 1.31. The molecule has 0 radical (unpaired) electrons. The molecule has 0 saturated heterocycles. The van der Waals surface area contributed by atoms with E-state index in [1.807, 2.05) is 0 Å². The molecule has 0 unspecified atom stereocenters. The highest BCUT2D eigenvalue weighted by Gasteiger charge is 2.30. The van der Waals surface area contributed by atoms with Crippen molar-refractivity contribution >= 4 is 54.6 Å². The normalized spacial score (nSPS) is 11.4. The molecule has 2 N–H and O–H groups in total. The molecule has 0 aliphatic rings. The van der Waals surface area contributed by atoms with Gasteiger partial charge in [0.1, 0.15) is 18.0 Å². The Kier molecular flexibility index (Phi) is 9.30. The summed E-state index contributed by atoms with van der Waals surface area (Å²) in [6, 6.07) is 22.6. The Morgan fingerprint density at radius 3 is 2.17 bits per heavy atom. The summed E-state index contributed by atoms with van der Waals surface area (Å²) in [7, 11) is -5.31. The van der Waals surface area contributed by atoms with E-state index in [0.717, 1.165) is 4.31 Å². The van der Waals surface area contributed by atoms with Gasteiger partial charge in [-0.25, -0.2) is 16.8 Å². The van der Waals surface area contributed by atoms with Crippen LogP contribution in [0.15, 0.2) is 101 Å². The maximum Gasteiger partial charge on any atom is 0.264 e. The van der Waals surface area contributed by atoms with Crippen LogP contribution in [0.3, 0.4) is 0 Å². The molecule has 0 saturated carbocycles. The molecule has 0 heterocycles. The lowest BCUT2D eigenvalue weighted by atomic mass is 10.2. The molecular formula is C29H28ClN3O7S2. The molecule has 4 aromatic carbocycles. The lowest BCUT2D eigenvalue weighted by molar-refractivity contribution is -0.114. The number of nitrogens with one attached hydrogen (secondary N) is 2. The number of hydrogen-bond donors (Lipinski definition) is 2. The Balaban J connectivity index is 1.58. The first-order valence-electron chi connectivity index (χ1n) is 12.4. The van der Waals surface area contributed by atoms with Gasteiger partial charge in [-0.05, 0) is 73.2 Å². The van der Waals surface area contributed by atoms with Crippen LogP contribution in [-0.2, 0) is 24.8 Å². The molecular weight excluding hydrogens is 602 g/mol. The van der Waals surface area contributed by atoms with Crippen LogP contribution in [0.2, 0.25) is 5.02 Å². The van der Waals surface area contributed by atoms with E-state index in [1.54, 1.807) is 49.4 Å². The van der Waals surface area contributed by atoms with Crippen LogP contribution in [0.4, 0.5) is 17.1 Å². The van der Waals surface area contributed by atoms with Gasteiger partial charge in [-0.1, -0.05) is 35.9 Å². The number of benzene rings is 4. The van der Waals surface area contributed by atoms with Crippen LogP contribution >= 0.6 is 11.6 Å². The second-order valence-corrected chi connectivity index (χ2v) is 12.9. The third-order valence-corrected chi connectivity index (χ3v) is 9.80. The predicted molar refractivity (Wildman–Crippen MR) is 163 cm³/mol. The Morgan fingerprint density at radius 2 is 1.52 bits per heavy atom. The topological polar surface area (TPSA) is 131 Å². The van der Waals surface area contributed by atoms with Gasteiger partial charge >= 0.3 is 0 Å². The van der Waals surface area contributed by atoms with Crippen molar-refractivity contribution in [3.8, 4) is 11.5 Å². The van der Waals surface area contributed by atoms with E-state index in [-0.39, 0.29) is 26.9 Å². The van der Waals surface area contributed by atoms with Crippen molar-refractivity contribution in [2.24, 2.45) is 0 Å². The summed E-state index contributed by atoms with van der Waals surface area (Å²) in [4.78, 5) is 13.1. The molecule has 0 aliphatic heterocycles. The number of hydrogen-bond acceptors (Lipinski definition) is 7. The number of ether oxygens (including phenoxy) is 2. The summed E-state index contributed by atoms with van der Waals surface area (Å²) in [6.07, 6.45) is 0. The largest absolute Gasteiger partial charge is 0.497 e. The first kappa shape index (κ1) is 30.7. The number of anilines is 3. The van der Waals surface area contributed by atoms with Gasteiger partial charge in [-0.15, -0.1) is 0 Å². The van der Waals surface area contributed by atoms with Gasteiger partial charge in [-0.2, -0.15) is 0 Å². The molecule has 0 bridgehead atoms. The molecule has 0 spiro atoms. The molecule has 4 aromatic rings. The lowest BCUT2D eigenvalue weighted by Crippen LogP contribution is -2.38. The second-order valence-electron chi connectivity index (χ2n) is 8.95. The highest BCUT2D eigenvalue weighted by atomic mass is 35.5. The molecule has 4 rings (SSSR count). The molecule has 0 fully saturated rings. The van der Waals surface area contributed by atoms with Crippen molar-refractivity contribution < 1.29 is 31.1 Å². The SMILES string of the molecule is COc1ccc(N(CC(=O)Nc2ccc(S(=O)(=O)Nc3cccc(Cl)c3C)cc2)S(=O)(=O)c2ccccc2)c(OC)c1. The van der Waals surface area contributed by atoms with E-state index in [0.29, 0.717) is 22.0 Å². The Labute approximate surface area is 250 Å². The standard InChI is InChI=1S/C29H28ClN3O7S2/c1-20-25(30)10-7-11-26(20)32-41(35,36)23-15-12-21(13-16-23)31-29(34)19-33(42(37,38)24-8-5-4-6-9-24)27-17-14-22(39-2)18-28(27)40-3/h4-18,32H,19H2,1-3H3,(H,31,34). The molecule has 13 heteroatoms. The molecule has 1 amide bonds. The fraction of sp³-hybridized carbons (Fsp3) is 0.138. The van der Waals surface area contributed by atoms with Crippen LogP contribution in [-0.4, -0.2) is 43.5 Å². The summed E-state index contributed by atoms with van der Waals surface area (Å²) in [5.74, 6) is -0.0542. The Morgan fingerprint density at radius 1 is 0.833 bits per heavy atom. The number of halogens is 1. The van der Waals surface area contributed by atoms with Gasteiger partial charge in [0.05, 0.1) is 35.4 Å². The molecule has 0 aromatic heterocycles. The number of amides is 1. The average Bonchev–Trinajstić information content (AvgIpc) is 2.98. The third kappa shape index (κ3) is 6.78. The van der Waals surface area contributed by atoms with Crippen molar-refractivity contribution in [1.82, 2.24) is 0 Å². The van der Waals surface area contributed by atoms with Crippen molar-refractivity contribution in [1.29, 1.82) is 0 Å². The molecule has 10 nitrogen and oxygen atoms in total. The monoisotopic (exact) mass is 629 g/mol. The van der Waals surface area contributed by atoms with Crippen LogP contribution in [0, 0.1) is 6.92 Å². The van der Waals surface area contributed by atoms with Crippen LogP contribution in [0.5, 0.6) is 11.5 Å². The molecule has 42 heavy (non-hydrogen) atoms. The number of carbonyl (C=O) groups is 1. The Hall–Kier alpha value is -4.26. The predicted octanol–water partition coefficient (Wildman–Crippen LogP) is 5.30. The van der Waals surface area contributed by atoms with E-state index in [4.69, 9.17) is 21.1 Å². The fourth-order valence-electron chi connectivity index (χ4n) is 3.98. The van der Waals surface area contributed by atoms with Gasteiger partial charge in [0.2, 0.25) is 5.91 Å². The maximum absolute atomic E-state index is 13.7. The zero-order valence-corrected chi connectivity index (χ0v) is 25.3. The first-order chi connectivity index (χ1) is 20.0. The third-order valence-electron chi connectivity index (χ3n) is 6.23. The summed E-state index contributed by atoms with van der Waals surface area (Å²) in [5, 5.41) is 3.05. The number of rotatable bonds is 11. The average molecular weight is 630 g/mol. The van der Waals surface area contributed by atoms with Crippen LogP contribution in [0.1, 0.15) is 5.56 Å². The van der Waals surface area contributed by atoms with Crippen LogP contribution < -0.4 is 23.8 Å². The smallest absolute Gasteiger partial charge is 0.264 e. The summed E-state index contributed by atoms with van der Waals surface area (Å²) >= 11 is 6.10. The van der Waals surface area contributed by atoms with Gasteiger partial charge in [0.25, 0.3) is 20.0 Å². The Bertz CT molecular complexity index is 1800. The first-order valence-corrected chi connectivity index (χ1v) is 15.7. The van der Waals surface area contributed by atoms with E-state index in [1.165, 1.54) is 62.8 Å². The van der Waals surface area contributed by atoms with Crippen molar-refractivity contribution in [3.05, 3.63) is 102 Å². The summed E-state index contributed by atoms with van der Waals surface area (Å²) < 4.78 is 67.2. The van der Waals surface area contributed by atoms with Gasteiger partial charge in [0.15, 0.2) is 0 Å². The number of sulfonamides is 2. The minimum absolute atomic E-state index is 0.0207. The summed E-state index contributed by atoms with van der Waals surface area (Å²) in [6.45, 7) is 1.09. The highest BCUT2D eigenvalue weighted by molar-refractivity contribution is 7.93. The van der Waals surface area contributed by atoms with E-state index < -0.39 is 32.5 Å². The van der Waals surface area contributed by atoms with Crippen LogP contribution in [0.25, 0.3) is 0 Å². The number of methoxy groups -OCH3 is 2. The highest BCUT2D eigenvalue weighted by Crippen LogP contribution is 2.35. The molecule has 220 valence electrons. The molecule has 0 aliphatic carbocycles. The van der Waals surface area contributed by atoms with Crippen molar-refractivity contribution in [2.75, 3.05) is 35.1 Å². The minimum Gasteiger partial charge on any atom is -0.497 e. The van der Waals surface area contributed by atoms with Crippen molar-refractivity contribution in [2.45, 2.75) is 16.7 Å². The van der Waals surface area contributed by atoms with E-state index in [2.05, 4.69) is 10.0 Å². The number of nitrogens with zero attached hydrogens (tertiary/aromatic N) is 1. The minimum atomic E-state index is -4.20. The van der Waals surface area contributed by atoms with Gasteiger partial charge < -0.3 is 14.8 Å². The molecule has 0 atom stereocenters. The number of carbonyl (C=O) groups excluding carboxylic acids is 1. The van der Waals surface area contributed by atoms with Gasteiger partial charge in [-0.3, -0.25) is 13.8 Å². The van der Waals surface area contributed by atoms with Crippen molar-refractivity contribution in [3.63, 3.8) is 0 Å². The lowest BCUT2D eigenvalue weighted by Gasteiger charge is -2.26. The fourth-order valence-corrected chi connectivity index (χ4v) is 6.73.